The van der Waals surface area contributed by atoms with Gasteiger partial charge in [0.2, 0.25) is 0 Å². The SMILES string of the molecule is Oc1ccc(CNc2cccnc2Br)c(O)c1. The number of aromatic nitrogens is 1. The summed E-state index contributed by atoms with van der Waals surface area (Å²) >= 11 is 3.32. The van der Waals surface area contributed by atoms with E-state index in [9.17, 15) is 5.11 Å². The zero-order chi connectivity index (χ0) is 12.3. The van der Waals surface area contributed by atoms with Gasteiger partial charge in [-0.1, -0.05) is 0 Å². The van der Waals surface area contributed by atoms with Crippen LogP contribution in [0.2, 0.25) is 0 Å². The van der Waals surface area contributed by atoms with Crippen LogP contribution in [0.25, 0.3) is 0 Å². The summed E-state index contributed by atoms with van der Waals surface area (Å²) in [6.07, 6.45) is 1.69. The third-order valence-corrected chi connectivity index (χ3v) is 2.93. The van der Waals surface area contributed by atoms with Crippen molar-refractivity contribution in [3.8, 4) is 11.5 Å². The number of nitrogens with one attached hydrogen (secondary N) is 1. The fourth-order valence-corrected chi connectivity index (χ4v) is 1.80. The zero-order valence-corrected chi connectivity index (χ0v) is 10.5. The van der Waals surface area contributed by atoms with Crippen LogP contribution in [0.4, 0.5) is 5.69 Å². The first-order valence-electron chi connectivity index (χ1n) is 5.02. The number of nitrogens with zero attached hydrogens (tertiary/aromatic N) is 1. The van der Waals surface area contributed by atoms with Crippen molar-refractivity contribution >= 4 is 21.6 Å². The third-order valence-electron chi connectivity index (χ3n) is 2.30. The Kier molecular flexibility index (Phi) is 3.49. The van der Waals surface area contributed by atoms with Crippen molar-refractivity contribution < 1.29 is 10.2 Å². The Morgan fingerprint density at radius 1 is 1.24 bits per heavy atom. The van der Waals surface area contributed by atoms with E-state index in [0.29, 0.717) is 12.1 Å². The third kappa shape index (κ3) is 2.88. The Balaban J connectivity index is 2.10. The average Bonchev–Trinajstić information content (AvgIpc) is 2.30. The molecule has 88 valence electrons. The minimum absolute atomic E-state index is 0.0498. The maximum Gasteiger partial charge on any atom is 0.129 e. The highest BCUT2D eigenvalue weighted by molar-refractivity contribution is 9.10. The summed E-state index contributed by atoms with van der Waals surface area (Å²) in [5.41, 5.74) is 1.55. The Morgan fingerprint density at radius 2 is 2.06 bits per heavy atom. The van der Waals surface area contributed by atoms with E-state index in [0.717, 1.165) is 10.3 Å². The number of pyridine rings is 1. The zero-order valence-electron chi connectivity index (χ0n) is 8.89. The maximum absolute atomic E-state index is 9.61. The fraction of sp³-hybridized carbons (Fsp3) is 0.0833. The molecular weight excluding hydrogens is 284 g/mol. The lowest BCUT2D eigenvalue weighted by Crippen LogP contribution is -2.00. The molecule has 0 aliphatic heterocycles. The van der Waals surface area contributed by atoms with Crippen LogP contribution >= 0.6 is 15.9 Å². The first-order valence-corrected chi connectivity index (χ1v) is 5.81. The number of benzene rings is 1. The highest BCUT2D eigenvalue weighted by Crippen LogP contribution is 2.24. The Morgan fingerprint density at radius 3 is 2.76 bits per heavy atom. The predicted octanol–water partition coefficient (Wildman–Crippen LogP) is 2.87. The van der Waals surface area contributed by atoms with Gasteiger partial charge in [0.15, 0.2) is 0 Å². The first kappa shape index (κ1) is 11.7. The van der Waals surface area contributed by atoms with E-state index in [1.807, 2.05) is 12.1 Å². The molecule has 1 aromatic heterocycles. The molecule has 0 saturated carbocycles. The summed E-state index contributed by atoms with van der Waals surface area (Å²) in [5.74, 6) is 0.117. The first-order chi connectivity index (χ1) is 8.16. The largest absolute Gasteiger partial charge is 0.508 e. The summed E-state index contributed by atoms with van der Waals surface area (Å²) in [5, 5.41) is 21.9. The van der Waals surface area contributed by atoms with Crippen molar-refractivity contribution in [2.75, 3.05) is 5.32 Å². The van der Waals surface area contributed by atoms with Crippen molar-refractivity contribution in [1.29, 1.82) is 0 Å². The number of rotatable bonds is 3. The summed E-state index contributed by atoms with van der Waals surface area (Å²) in [7, 11) is 0. The molecule has 2 aromatic rings. The van der Waals surface area contributed by atoms with E-state index in [1.54, 1.807) is 12.3 Å². The lowest BCUT2D eigenvalue weighted by atomic mass is 10.2. The molecule has 0 saturated heterocycles. The van der Waals surface area contributed by atoms with E-state index >= 15 is 0 Å². The summed E-state index contributed by atoms with van der Waals surface area (Å²) in [4.78, 5) is 4.08. The molecule has 0 bridgehead atoms. The van der Waals surface area contributed by atoms with Crippen LogP contribution < -0.4 is 5.32 Å². The van der Waals surface area contributed by atoms with Gasteiger partial charge in [-0.2, -0.15) is 0 Å². The van der Waals surface area contributed by atoms with Crippen LogP contribution in [0.5, 0.6) is 11.5 Å². The Labute approximate surface area is 107 Å². The van der Waals surface area contributed by atoms with E-state index < -0.39 is 0 Å². The second kappa shape index (κ2) is 5.05. The number of phenolic OH excluding ortho intramolecular Hbond substituents is 2. The normalized spacial score (nSPS) is 10.2. The molecule has 0 aliphatic rings. The molecular formula is C12H11BrN2O2. The smallest absolute Gasteiger partial charge is 0.129 e. The van der Waals surface area contributed by atoms with Gasteiger partial charge in [0, 0.05) is 24.4 Å². The topological polar surface area (TPSA) is 65.4 Å². The van der Waals surface area contributed by atoms with Crippen molar-refractivity contribution in [3.05, 3.63) is 46.7 Å². The monoisotopic (exact) mass is 294 g/mol. The van der Waals surface area contributed by atoms with Crippen LogP contribution in [0.1, 0.15) is 5.56 Å². The lowest BCUT2D eigenvalue weighted by Gasteiger charge is -2.09. The number of halogens is 1. The van der Waals surface area contributed by atoms with Gasteiger partial charge in [-0.25, -0.2) is 4.98 Å². The second-order valence-corrected chi connectivity index (χ2v) is 4.26. The number of anilines is 1. The van der Waals surface area contributed by atoms with E-state index in [4.69, 9.17) is 5.11 Å². The van der Waals surface area contributed by atoms with Gasteiger partial charge in [0.1, 0.15) is 16.1 Å². The van der Waals surface area contributed by atoms with Crippen LogP contribution in [-0.4, -0.2) is 15.2 Å². The molecule has 0 fully saturated rings. The Hall–Kier alpha value is -1.75. The van der Waals surface area contributed by atoms with Gasteiger partial charge in [0.05, 0.1) is 5.69 Å². The van der Waals surface area contributed by atoms with Crippen molar-refractivity contribution in [1.82, 2.24) is 4.98 Å². The van der Waals surface area contributed by atoms with E-state index in [1.165, 1.54) is 12.1 Å². The second-order valence-electron chi connectivity index (χ2n) is 3.51. The van der Waals surface area contributed by atoms with Gasteiger partial charge in [-0.15, -0.1) is 0 Å². The van der Waals surface area contributed by atoms with E-state index in [2.05, 4.69) is 26.2 Å². The maximum atomic E-state index is 9.61. The summed E-state index contributed by atoms with van der Waals surface area (Å²) < 4.78 is 0.721. The van der Waals surface area contributed by atoms with Crippen LogP contribution in [0, 0.1) is 0 Å². The van der Waals surface area contributed by atoms with Gasteiger partial charge in [0.25, 0.3) is 0 Å². The standard InChI is InChI=1S/C12H11BrN2O2/c13-12-10(2-1-5-14-12)15-7-8-3-4-9(16)6-11(8)17/h1-6,15-17H,7H2. The minimum atomic E-state index is 0.0498. The number of hydrogen-bond acceptors (Lipinski definition) is 4. The molecule has 0 unspecified atom stereocenters. The molecule has 2 rings (SSSR count). The molecule has 3 N–H and O–H groups in total. The number of phenols is 2. The fourth-order valence-electron chi connectivity index (χ4n) is 1.41. The van der Waals surface area contributed by atoms with Gasteiger partial charge in [-0.3, -0.25) is 0 Å². The molecule has 1 aromatic carbocycles. The van der Waals surface area contributed by atoms with Gasteiger partial charge >= 0.3 is 0 Å². The molecule has 0 amide bonds. The predicted molar refractivity (Wildman–Crippen MR) is 69.0 cm³/mol. The minimum Gasteiger partial charge on any atom is -0.508 e. The van der Waals surface area contributed by atoms with Gasteiger partial charge < -0.3 is 15.5 Å². The lowest BCUT2D eigenvalue weighted by molar-refractivity contribution is 0.446. The number of aromatic hydroxyl groups is 2. The van der Waals surface area contributed by atoms with Crippen LogP contribution in [0.15, 0.2) is 41.1 Å². The molecule has 17 heavy (non-hydrogen) atoms. The molecule has 0 aliphatic carbocycles. The molecule has 0 spiro atoms. The van der Waals surface area contributed by atoms with Crippen molar-refractivity contribution in [2.45, 2.75) is 6.54 Å². The number of hydrogen-bond donors (Lipinski definition) is 3. The Bertz CT molecular complexity index is 532. The van der Waals surface area contributed by atoms with Gasteiger partial charge in [-0.05, 0) is 40.2 Å². The average molecular weight is 295 g/mol. The molecule has 0 atom stereocenters. The van der Waals surface area contributed by atoms with Crippen molar-refractivity contribution in [3.63, 3.8) is 0 Å². The molecule has 4 nitrogen and oxygen atoms in total. The summed E-state index contributed by atoms with van der Waals surface area (Å²) in [6, 6.07) is 8.23. The molecule has 1 heterocycles. The highest BCUT2D eigenvalue weighted by Gasteiger charge is 2.04. The molecule has 0 radical (unpaired) electrons. The van der Waals surface area contributed by atoms with Crippen LogP contribution in [-0.2, 0) is 6.54 Å². The van der Waals surface area contributed by atoms with E-state index in [-0.39, 0.29) is 11.5 Å². The highest BCUT2D eigenvalue weighted by atomic mass is 79.9. The molecule has 5 heteroatoms. The van der Waals surface area contributed by atoms with Crippen LogP contribution in [0.3, 0.4) is 0 Å². The van der Waals surface area contributed by atoms with Crippen molar-refractivity contribution in [2.24, 2.45) is 0 Å². The summed E-state index contributed by atoms with van der Waals surface area (Å²) in [6.45, 7) is 0.455. The quantitative estimate of drug-likeness (QED) is 0.762.